The average molecular weight is 255 g/mol. The van der Waals surface area contributed by atoms with Gasteiger partial charge in [0.1, 0.15) is 6.04 Å². The van der Waals surface area contributed by atoms with E-state index in [1.807, 2.05) is 0 Å². The predicted molar refractivity (Wildman–Crippen MR) is 70.5 cm³/mol. The molecular weight excluding hydrogens is 230 g/mol. The number of nitrogens with one attached hydrogen (secondary N) is 2. The van der Waals surface area contributed by atoms with Crippen LogP contribution < -0.4 is 10.6 Å². The van der Waals surface area contributed by atoms with Crippen molar-refractivity contribution >= 4 is 5.91 Å². The van der Waals surface area contributed by atoms with Gasteiger partial charge in [-0.05, 0) is 38.4 Å². The van der Waals surface area contributed by atoms with Crippen LogP contribution in [0.5, 0.6) is 0 Å². The van der Waals surface area contributed by atoms with Crippen molar-refractivity contribution in [1.29, 1.82) is 0 Å². The number of amides is 1. The first-order valence-electron chi connectivity index (χ1n) is 7.11. The second-order valence-corrected chi connectivity index (χ2v) is 5.23. The fourth-order valence-corrected chi connectivity index (χ4v) is 2.41. The van der Waals surface area contributed by atoms with Crippen molar-refractivity contribution in [2.75, 3.05) is 45.9 Å². The molecule has 5 nitrogen and oxygen atoms in total. The smallest absolute Gasteiger partial charge is 0.239 e. The molecule has 5 heteroatoms. The molecule has 2 heterocycles. The van der Waals surface area contributed by atoms with E-state index in [1.165, 1.54) is 6.42 Å². The number of ether oxygens (including phenoxy) is 1. The van der Waals surface area contributed by atoms with Crippen molar-refractivity contribution in [3.63, 3.8) is 0 Å². The third kappa shape index (κ3) is 3.67. The summed E-state index contributed by atoms with van der Waals surface area (Å²) in [5.41, 5.74) is 0. The van der Waals surface area contributed by atoms with Crippen LogP contribution in [0.2, 0.25) is 0 Å². The Balaban J connectivity index is 1.78. The van der Waals surface area contributed by atoms with Crippen LogP contribution >= 0.6 is 0 Å². The Morgan fingerprint density at radius 3 is 3.00 bits per heavy atom. The predicted octanol–water partition coefficient (Wildman–Crippen LogP) is -0.177. The summed E-state index contributed by atoms with van der Waals surface area (Å²) in [5.74, 6) is 0.926. The molecule has 1 atom stereocenters. The van der Waals surface area contributed by atoms with Crippen molar-refractivity contribution < 1.29 is 9.53 Å². The van der Waals surface area contributed by atoms with Crippen molar-refractivity contribution in [2.24, 2.45) is 5.92 Å². The molecule has 104 valence electrons. The molecule has 0 radical (unpaired) electrons. The Labute approximate surface area is 109 Å². The number of carbonyl (C=O) groups is 1. The molecule has 2 aliphatic rings. The lowest BCUT2D eigenvalue weighted by Crippen LogP contribution is -2.55. The van der Waals surface area contributed by atoms with Gasteiger partial charge in [-0.2, -0.15) is 0 Å². The molecule has 1 amide bonds. The van der Waals surface area contributed by atoms with Gasteiger partial charge in [-0.1, -0.05) is 6.92 Å². The standard InChI is InChI=1S/C13H25N3O2/c1-2-4-15-13(17)12-10-18-7-6-16(12)5-3-11-8-14-9-11/h11-12,14H,2-10H2,1H3,(H,15,17). The Hall–Kier alpha value is -0.650. The first kappa shape index (κ1) is 13.8. The molecule has 0 spiro atoms. The summed E-state index contributed by atoms with van der Waals surface area (Å²) < 4.78 is 5.45. The topological polar surface area (TPSA) is 53.6 Å². The van der Waals surface area contributed by atoms with Crippen LogP contribution in [0.15, 0.2) is 0 Å². The third-order valence-electron chi connectivity index (χ3n) is 3.78. The van der Waals surface area contributed by atoms with Crippen molar-refractivity contribution in [2.45, 2.75) is 25.8 Å². The van der Waals surface area contributed by atoms with Crippen LogP contribution in [0.4, 0.5) is 0 Å². The molecule has 1 unspecified atom stereocenters. The van der Waals surface area contributed by atoms with E-state index in [4.69, 9.17) is 4.74 Å². The SMILES string of the molecule is CCCNC(=O)C1COCCN1CCC1CNC1. The summed E-state index contributed by atoms with van der Waals surface area (Å²) >= 11 is 0. The maximum Gasteiger partial charge on any atom is 0.239 e. The Kier molecular flexibility index (Phi) is 5.41. The van der Waals surface area contributed by atoms with Gasteiger partial charge >= 0.3 is 0 Å². The van der Waals surface area contributed by atoms with E-state index in [-0.39, 0.29) is 11.9 Å². The maximum atomic E-state index is 12.1. The van der Waals surface area contributed by atoms with E-state index >= 15 is 0 Å². The van der Waals surface area contributed by atoms with Gasteiger partial charge in [-0.15, -0.1) is 0 Å². The highest BCUT2D eigenvalue weighted by molar-refractivity contribution is 5.81. The molecule has 0 aromatic rings. The Bertz CT molecular complexity index is 269. The summed E-state index contributed by atoms with van der Waals surface area (Å²) in [6, 6.07) is -0.0849. The zero-order valence-electron chi connectivity index (χ0n) is 11.3. The van der Waals surface area contributed by atoms with Gasteiger partial charge in [0, 0.05) is 13.1 Å². The van der Waals surface area contributed by atoms with Crippen molar-refractivity contribution in [1.82, 2.24) is 15.5 Å². The summed E-state index contributed by atoms with van der Waals surface area (Å²) in [6.45, 7) is 8.28. The minimum Gasteiger partial charge on any atom is -0.378 e. The lowest BCUT2D eigenvalue weighted by atomic mass is 9.98. The minimum atomic E-state index is -0.0849. The summed E-state index contributed by atoms with van der Waals surface area (Å²) in [4.78, 5) is 14.3. The normalized spacial score (nSPS) is 25.7. The van der Waals surface area contributed by atoms with Crippen LogP contribution in [-0.4, -0.2) is 62.8 Å². The molecule has 2 N–H and O–H groups in total. The number of carbonyl (C=O) groups excluding carboxylic acids is 1. The van der Waals surface area contributed by atoms with Gasteiger partial charge in [-0.3, -0.25) is 9.69 Å². The van der Waals surface area contributed by atoms with Gasteiger partial charge in [0.05, 0.1) is 13.2 Å². The lowest BCUT2D eigenvalue weighted by Gasteiger charge is -2.36. The zero-order valence-corrected chi connectivity index (χ0v) is 11.3. The molecule has 0 bridgehead atoms. The summed E-state index contributed by atoms with van der Waals surface area (Å²) in [5, 5.41) is 6.26. The van der Waals surface area contributed by atoms with E-state index < -0.39 is 0 Å². The molecule has 0 aromatic carbocycles. The zero-order chi connectivity index (χ0) is 12.8. The van der Waals surface area contributed by atoms with Gasteiger partial charge in [0.2, 0.25) is 5.91 Å². The number of hydrogen-bond acceptors (Lipinski definition) is 4. The number of nitrogens with zero attached hydrogens (tertiary/aromatic N) is 1. The monoisotopic (exact) mass is 255 g/mol. The van der Waals surface area contributed by atoms with E-state index in [0.29, 0.717) is 6.61 Å². The van der Waals surface area contributed by atoms with E-state index in [9.17, 15) is 4.79 Å². The molecule has 2 aliphatic heterocycles. The number of hydrogen-bond donors (Lipinski definition) is 2. The quantitative estimate of drug-likeness (QED) is 0.691. The first-order valence-corrected chi connectivity index (χ1v) is 7.11. The molecule has 2 saturated heterocycles. The fourth-order valence-electron chi connectivity index (χ4n) is 2.41. The highest BCUT2D eigenvalue weighted by Crippen LogP contribution is 2.13. The van der Waals surface area contributed by atoms with Crippen molar-refractivity contribution in [3.8, 4) is 0 Å². The molecule has 0 aromatic heterocycles. The van der Waals surface area contributed by atoms with E-state index in [1.54, 1.807) is 0 Å². The minimum absolute atomic E-state index is 0.0849. The van der Waals surface area contributed by atoms with Crippen LogP contribution in [-0.2, 0) is 9.53 Å². The van der Waals surface area contributed by atoms with Crippen LogP contribution in [0, 0.1) is 5.92 Å². The van der Waals surface area contributed by atoms with Crippen LogP contribution in [0.3, 0.4) is 0 Å². The Morgan fingerprint density at radius 1 is 1.50 bits per heavy atom. The average Bonchev–Trinajstić information content (AvgIpc) is 2.34. The second-order valence-electron chi connectivity index (χ2n) is 5.23. The molecule has 0 saturated carbocycles. The number of rotatable bonds is 6. The Morgan fingerprint density at radius 2 is 2.33 bits per heavy atom. The highest BCUT2D eigenvalue weighted by Gasteiger charge is 2.29. The molecular formula is C13H25N3O2. The summed E-state index contributed by atoms with van der Waals surface area (Å²) in [6.07, 6.45) is 2.16. The largest absolute Gasteiger partial charge is 0.378 e. The van der Waals surface area contributed by atoms with E-state index in [2.05, 4.69) is 22.5 Å². The van der Waals surface area contributed by atoms with Crippen molar-refractivity contribution in [3.05, 3.63) is 0 Å². The lowest BCUT2D eigenvalue weighted by molar-refractivity contribution is -0.132. The van der Waals surface area contributed by atoms with Gasteiger partial charge in [-0.25, -0.2) is 0 Å². The van der Waals surface area contributed by atoms with Gasteiger partial charge in [0.15, 0.2) is 0 Å². The summed E-state index contributed by atoms with van der Waals surface area (Å²) in [7, 11) is 0. The molecule has 0 aliphatic carbocycles. The molecule has 2 rings (SSSR count). The van der Waals surface area contributed by atoms with Crippen LogP contribution in [0.1, 0.15) is 19.8 Å². The third-order valence-corrected chi connectivity index (χ3v) is 3.78. The second kappa shape index (κ2) is 7.07. The van der Waals surface area contributed by atoms with Crippen LogP contribution in [0.25, 0.3) is 0 Å². The first-order chi connectivity index (χ1) is 8.81. The van der Waals surface area contributed by atoms with E-state index in [0.717, 1.165) is 51.7 Å². The maximum absolute atomic E-state index is 12.1. The van der Waals surface area contributed by atoms with Gasteiger partial charge in [0.25, 0.3) is 0 Å². The molecule has 2 fully saturated rings. The highest BCUT2D eigenvalue weighted by atomic mass is 16.5. The fraction of sp³-hybridized carbons (Fsp3) is 0.923. The van der Waals surface area contributed by atoms with Gasteiger partial charge < -0.3 is 15.4 Å². The molecule has 18 heavy (non-hydrogen) atoms. The number of morpholine rings is 1.